The van der Waals surface area contributed by atoms with Gasteiger partial charge in [0.2, 0.25) is 5.88 Å². The first-order chi connectivity index (χ1) is 12.4. The summed E-state index contributed by atoms with van der Waals surface area (Å²) in [5, 5.41) is 2.96. The molecular weight excluding hydrogens is 469 g/mol. The number of pyridine rings is 1. The number of anilines is 1. The van der Waals surface area contributed by atoms with E-state index in [1.54, 1.807) is 12.1 Å². The third kappa shape index (κ3) is 8.85. The molecule has 0 unspecified atom stereocenters. The number of aliphatic imine (C=N–C) groups is 1. The number of benzene rings is 1. The average Bonchev–Trinajstić information content (AvgIpc) is 2.60. The van der Waals surface area contributed by atoms with Crippen LogP contribution in [-0.4, -0.2) is 30.1 Å². The molecule has 0 aliphatic carbocycles. The van der Waals surface area contributed by atoms with E-state index in [0.717, 1.165) is 11.4 Å². The minimum atomic E-state index is -2.55. The monoisotopic (exact) mass is 492 g/mol. The zero-order valence-electron chi connectivity index (χ0n) is 15.1. The lowest BCUT2D eigenvalue weighted by atomic mass is 10.3. The van der Waals surface area contributed by atoms with E-state index in [2.05, 4.69) is 15.3 Å². The Morgan fingerprint density at radius 1 is 1.19 bits per heavy atom. The van der Waals surface area contributed by atoms with E-state index in [4.69, 9.17) is 15.2 Å². The van der Waals surface area contributed by atoms with Gasteiger partial charge in [-0.05, 0) is 44.2 Å². The van der Waals surface area contributed by atoms with Crippen LogP contribution in [0.4, 0.5) is 14.5 Å². The lowest BCUT2D eigenvalue weighted by molar-refractivity contribution is 0.0795. The standard InChI is InChI=1S/C18H22F2N4O2.HI/c1-12(2)26-15-8-6-13(7-9-15)24-18(21)22-10-14-4-3-5-17(23-14)25-11-16(19)20;/h3-9,12,16H,10-11H2,1-2H3,(H3,21,22,24);1H. The topological polar surface area (TPSA) is 81.8 Å². The fraction of sp³-hybridized carbons (Fsp3) is 0.333. The lowest BCUT2D eigenvalue weighted by Crippen LogP contribution is -2.22. The van der Waals surface area contributed by atoms with Crippen LogP contribution >= 0.6 is 24.0 Å². The first-order valence-electron chi connectivity index (χ1n) is 8.13. The third-order valence-corrected chi connectivity index (χ3v) is 3.05. The van der Waals surface area contributed by atoms with Crippen LogP contribution in [0.25, 0.3) is 0 Å². The highest BCUT2D eigenvalue weighted by molar-refractivity contribution is 14.0. The molecule has 0 aliphatic heterocycles. The number of nitrogens with one attached hydrogen (secondary N) is 1. The number of ether oxygens (including phenoxy) is 2. The van der Waals surface area contributed by atoms with Gasteiger partial charge in [-0.15, -0.1) is 24.0 Å². The third-order valence-electron chi connectivity index (χ3n) is 3.05. The van der Waals surface area contributed by atoms with E-state index in [9.17, 15) is 8.78 Å². The number of hydrogen-bond donors (Lipinski definition) is 2. The van der Waals surface area contributed by atoms with Gasteiger partial charge in [0.1, 0.15) is 5.75 Å². The molecule has 1 aromatic heterocycles. The molecule has 1 heterocycles. The predicted octanol–water partition coefficient (Wildman–Crippen LogP) is 4.06. The van der Waals surface area contributed by atoms with Crippen molar-refractivity contribution >= 4 is 35.6 Å². The maximum atomic E-state index is 12.2. The second-order valence-corrected chi connectivity index (χ2v) is 5.69. The van der Waals surface area contributed by atoms with E-state index in [1.807, 2.05) is 38.1 Å². The molecule has 2 rings (SSSR count). The van der Waals surface area contributed by atoms with Crippen LogP contribution in [-0.2, 0) is 6.54 Å². The van der Waals surface area contributed by atoms with Crippen LogP contribution in [0.1, 0.15) is 19.5 Å². The highest BCUT2D eigenvalue weighted by Crippen LogP contribution is 2.16. The molecule has 0 fully saturated rings. The van der Waals surface area contributed by atoms with Crippen LogP contribution in [0.15, 0.2) is 47.5 Å². The van der Waals surface area contributed by atoms with E-state index >= 15 is 0 Å². The Bertz CT molecular complexity index is 728. The van der Waals surface area contributed by atoms with Crippen molar-refractivity contribution in [1.29, 1.82) is 0 Å². The minimum absolute atomic E-state index is 0. The van der Waals surface area contributed by atoms with Gasteiger partial charge in [-0.25, -0.2) is 18.8 Å². The average molecular weight is 492 g/mol. The molecule has 0 amide bonds. The number of nitrogens with two attached hydrogens (primary N) is 1. The molecule has 1 aromatic carbocycles. The van der Waals surface area contributed by atoms with Crippen molar-refractivity contribution in [2.75, 3.05) is 11.9 Å². The van der Waals surface area contributed by atoms with Gasteiger partial charge in [0.05, 0.1) is 18.3 Å². The second kappa shape index (κ2) is 11.5. The predicted molar refractivity (Wildman–Crippen MR) is 112 cm³/mol. The fourth-order valence-electron chi connectivity index (χ4n) is 2.02. The van der Waals surface area contributed by atoms with Gasteiger partial charge in [-0.2, -0.15) is 0 Å². The van der Waals surface area contributed by atoms with Gasteiger partial charge >= 0.3 is 0 Å². The van der Waals surface area contributed by atoms with Gasteiger partial charge in [0.15, 0.2) is 12.6 Å². The van der Waals surface area contributed by atoms with Crippen molar-refractivity contribution in [3.8, 4) is 11.6 Å². The van der Waals surface area contributed by atoms with Crippen molar-refractivity contribution in [1.82, 2.24) is 4.98 Å². The number of rotatable bonds is 8. The summed E-state index contributed by atoms with van der Waals surface area (Å²) in [6, 6.07) is 12.2. The number of halogens is 3. The number of guanidine groups is 1. The largest absolute Gasteiger partial charge is 0.491 e. The molecule has 0 radical (unpaired) electrons. The molecule has 0 spiro atoms. The SMILES string of the molecule is CC(C)Oc1ccc(NC(N)=NCc2cccc(OCC(F)F)n2)cc1.I. The van der Waals surface area contributed by atoms with E-state index in [-0.39, 0.29) is 48.5 Å². The smallest absolute Gasteiger partial charge is 0.272 e. The van der Waals surface area contributed by atoms with Crippen LogP contribution in [0.2, 0.25) is 0 Å². The summed E-state index contributed by atoms with van der Waals surface area (Å²) >= 11 is 0. The number of alkyl halides is 2. The maximum absolute atomic E-state index is 12.2. The Morgan fingerprint density at radius 2 is 1.89 bits per heavy atom. The number of aromatic nitrogens is 1. The molecule has 0 atom stereocenters. The summed E-state index contributed by atoms with van der Waals surface area (Å²) in [5.41, 5.74) is 7.18. The second-order valence-electron chi connectivity index (χ2n) is 5.69. The molecule has 6 nitrogen and oxygen atoms in total. The molecule has 0 aliphatic rings. The summed E-state index contributed by atoms with van der Waals surface area (Å²) in [6.45, 7) is 3.41. The van der Waals surface area contributed by atoms with Gasteiger partial charge < -0.3 is 20.5 Å². The zero-order chi connectivity index (χ0) is 18.9. The summed E-state index contributed by atoms with van der Waals surface area (Å²) < 4.78 is 34.8. The van der Waals surface area contributed by atoms with Gasteiger partial charge in [0.25, 0.3) is 6.43 Å². The molecule has 9 heteroatoms. The van der Waals surface area contributed by atoms with E-state index < -0.39 is 13.0 Å². The molecule has 3 N–H and O–H groups in total. The van der Waals surface area contributed by atoms with Crippen molar-refractivity contribution in [3.05, 3.63) is 48.2 Å². The highest BCUT2D eigenvalue weighted by Gasteiger charge is 2.05. The number of nitrogens with zero attached hydrogens (tertiary/aromatic N) is 2. The van der Waals surface area contributed by atoms with Crippen molar-refractivity contribution in [3.63, 3.8) is 0 Å². The summed E-state index contributed by atoms with van der Waals surface area (Å²) in [7, 11) is 0. The van der Waals surface area contributed by atoms with Crippen LogP contribution < -0.4 is 20.5 Å². The normalized spacial score (nSPS) is 11.3. The summed E-state index contributed by atoms with van der Waals surface area (Å²) in [5.74, 6) is 1.11. The molecule has 27 heavy (non-hydrogen) atoms. The lowest BCUT2D eigenvalue weighted by Gasteiger charge is -2.11. The molecule has 0 saturated heterocycles. The Morgan fingerprint density at radius 3 is 2.52 bits per heavy atom. The van der Waals surface area contributed by atoms with Crippen LogP contribution in [0.5, 0.6) is 11.6 Å². The highest BCUT2D eigenvalue weighted by atomic mass is 127. The maximum Gasteiger partial charge on any atom is 0.272 e. The van der Waals surface area contributed by atoms with E-state index in [1.165, 1.54) is 6.07 Å². The Labute approximate surface area is 174 Å². The van der Waals surface area contributed by atoms with Crippen LogP contribution in [0.3, 0.4) is 0 Å². The van der Waals surface area contributed by atoms with Gasteiger partial charge in [-0.1, -0.05) is 6.07 Å². The fourth-order valence-corrected chi connectivity index (χ4v) is 2.02. The Hall–Kier alpha value is -2.17. The van der Waals surface area contributed by atoms with E-state index in [0.29, 0.717) is 5.69 Å². The van der Waals surface area contributed by atoms with Gasteiger partial charge in [0, 0.05) is 11.8 Å². The quantitative estimate of drug-likeness (QED) is 0.330. The van der Waals surface area contributed by atoms with Crippen molar-refractivity contribution < 1.29 is 18.3 Å². The first-order valence-corrected chi connectivity index (χ1v) is 8.13. The summed E-state index contributed by atoms with van der Waals surface area (Å²) in [6.07, 6.45) is -2.44. The molecule has 148 valence electrons. The molecule has 2 aromatic rings. The number of hydrogen-bond acceptors (Lipinski definition) is 4. The molecule has 0 bridgehead atoms. The Kier molecular flexibility index (Phi) is 9.76. The van der Waals surface area contributed by atoms with Crippen molar-refractivity contribution in [2.45, 2.75) is 32.9 Å². The van der Waals surface area contributed by atoms with Crippen LogP contribution in [0, 0.1) is 0 Å². The van der Waals surface area contributed by atoms with Crippen molar-refractivity contribution in [2.24, 2.45) is 10.7 Å². The molecular formula is C18H23F2IN4O2. The Balaban J connectivity index is 0.00000364. The summed E-state index contributed by atoms with van der Waals surface area (Å²) in [4.78, 5) is 8.28. The first kappa shape index (κ1) is 22.9. The zero-order valence-corrected chi connectivity index (χ0v) is 17.4. The minimum Gasteiger partial charge on any atom is -0.491 e. The molecule has 0 saturated carbocycles. The van der Waals surface area contributed by atoms with Gasteiger partial charge in [-0.3, -0.25) is 0 Å².